The van der Waals surface area contributed by atoms with Crippen molar-refractivity contribution >= 4 is 28.3 Å². The molecule has 0 saturated carbocycles. The zero-order chi connectivity index (χ0) is 14.4. The second-order valence-electron chi connectivity index (χ2n) is 3.84. The van der Waals surface area contributed by atoms with Gasteiger partial charge in [0.1, 0.15) is 0 Å². The number of hydrogen-bond donors (Lipinski definition) is 3. The Kier molecular flexibility index (Phi) is 4.80. The lowest BCUT2D eigenvalue weighted by atomic mass is 10.2. The quantitative estimate of drug-likeness (QED) is 0.729. The van der Waals surface area contributed by atoms with E-state index in [9.17, 15) is 9.59 Å². The highest BCUT2D eigenvalue weighted by Crippen LogP contribution is 2.24. The lowest BCUT2D eigenvalue weighted by molar-refractivity contribution is -0.136. The van der Waals surface area contributed by atoms with Gasteiger partial charge in [-0.15, -0.1) is 11.3 Å². The third-order valence-corrected chi connectivity index (χ3v) is 3.16. The summed E-state index contributed by atoms with van der Waals surface area (Å²) in [4.78, 5) is 27.1. The van der Waals surface area contributed by atoms with Gasteiger partial charge >= 0.3 is 11.8 Å². The molecule has 0 saturated heterocycles. The fraction of sp³-hybridized carbons (Fsp3) is 0.154. The molecular weight excluding hydrogens is 278 g/mol. The number of thiazole rings is 1. The van der Waals surface area contributed by atoms with E-state index in [4.69, 9.17) is 5.11 Å². The Bertz CT molecular complexity index is 598. The van der Waals surface area contributed by atoms with E-state index in [2.05, 4.69) is 15.6 Å². The molecule has 0 fully saturated rings. The zero-order valence-corrected chi connectivity index (χ0v) is 11.3. The standard InChI is InChI=1S/C13H13N3O3S/c17-7-6-14-11(18)12(19)16-13-15-10(8-20-13)9-4-2-1-3-5-9/h1-5,8,17H,6-7H2,(H,14,18)(H,15,16,19). The highest BCUT2D eigenvalue weighted by Gasteiger charge is 2.14. The molecule has 2 rings (SSSR count). The highest BCUT2D eigenvalue weighted by atomic mass is 32.1. The molecule has 0 radical (unpaired) electrons. The molecule has 1 aromatic heterocycles. The number of nitrogens with one attached hydrogen (secondary N) is 2. The van der Waals surface area contributed by atoms with E-state index in [1.807, 2.05) is 30.3 Å². The Morgan fingerprint density at radius 2 is 1.95 bits per heavy atom. The van der Waals surface area contributed by atoms with Gasteiger partial charge in [-0.1, -0.05) is 30.3 Å². The Hall–Kier alpha value is -2.25. The van der Waals surface area contributed by atoms with Crippen LogP contribution in [-0.2, 0) is 9.59 Å². The van der Waals surface area contributed by atoms with Crippen molar-refractivity contribution in [1.29, 1.82) is 0 Å². The van der Waals surface area contributed by atoms with Crippen LogP contribution >= 0.6 is 11.3 Å². The van der Waals surface area contributed by atoms with Crippen LogP contribution in [0.25, 0.3) is 11.3 Å². The smallest absolute Gasteiger partial charge is 0.315 e. The molecule has 7 heteroatoms. The third kappa shape index (κ3) is 3.62. The number of hydrogen-bond acceptors (Lipinski definition) is 5. The number of amides is 2. The largest absolute Gasteiger partial charge is 0.395 e. The molecule has 0 bridgehead atoms. The molecule has 1 aromatic carbocycles. The number of benzene rings is 1. The van der Waals surface area contributed by atoms with Crippen molar-refractivity contribution in [2.75, 3.05) is 18.5 Å². The predicted octanol–water partition coefficient (Wildman–Crippen LogP) is 0.857. The van der Waals surface area contributed by atoms with Gasteiger partial charge in [0, 0.05) is 17.5 Å². The van der Waals surface area contributed by atoms with Gasteiger partial charge in [-0.05, 0) is 0 Å². The molecule has 6 nitrogen and oxygen atoms in total. The van der Waals surface area contributed by atoms with Gasteiger partial charge in [0.15, 0.2) is 5.13 Å². The number of nitrogens with zero attached hydrogens (tertiary/aromatic N) is 1. The minimum atomic E-state index is -0.799. The first-order valence-corrected chi connectivity index (χ1v) is 6.79. The lowest BCUT2D eigenvalue weighted by Crippen LogP contribution is -2.36. The van der Waals surface area contributed by atoms with Crippen LogP contribution in [0.2, 0.25) is 0 Å². The summed E-state index contributed by atoms with van der Waals surface area (Å²) in [7, 11) is 0. The minimum absolute atomic E-state index is 0.0411. The molecule has 0 unspecified atom stereocenters. The van der Waals surface area contributed by atoms with Crippen LogP contribution in [0, 0.1) is 0 Å². The van der Waals surface area contributed by atoms with Gasteiger partial charge in [-0.25, -0.2) is 4.98 Å². The van der Waals surface area contributed by atoms with Crippen LogP contribution in [0.15, 0.2) is 35.7 Å². The van der Waals surface area contributed by atoms with E-state index < -0.39 is 11.8 Å². The van der Waals surface area contributed by atoms with Crippen molar-refractivity contribution in [3.05, 3.63) is 35.7 Å². The van der Waals surface area contributed by atoms with Gasteiger partial charge in [0.2, 0.25) is 0 Å². The van der Waals surface area contributed by atoms with Crippen LogP contribution in [0.3, 0.4) is 0 Å². The normalized spacial score (nSPS) is 10.1. The maximum Gasteiger partial charge on any atom is 0.315 e. The van der Waals surface area contributed by atoms with Crippen LogP contribution in [-0.4, -0.2) is 35.1 Å². The molecule has 0 spiro atoms. The molecule has 0 atom stereocenters. The summed E-state index contributed by atoms with van der Waals surface area (Å²) in [6, 6.07) is 9.53. The first-order valence-electron chi connectivity index (χ1n) is 5.91. The number of aliphatic hydroxyl groups is 1. The highest BCUT2D eigenvalue weighted by molar-refractivity contribution is 7.14. The number of carbonyl (C=O) groups excluding carboxylic acids is 2. The average Bonchev–Trinajstić information content (AvgIpc) is 2.94. The molecule has 104 valence electrons. The monoisotopic (exact) mass is 291 g/mol. The summed E-state index contributed by atoms with van der Waals surface area (Å²) >= 11 is 1.24. The molecule has 0 aliphatic carbocycles. The predicted molar refractivity (Wildman–Crippen MR) is 76.3 cm³/mol. The molecule has 3 N–H and O–H groups in total. The Morgan fingerprint density at radius 1 is 1.20 bits per heavy atom. The topological polar surface area (TPSA) is 91.3 Å². The summed E-state index contributed by atoms with van der Waals surface area (Å²) in [5, 5.41) is 15.4. The summed E-state index contributed by atoms with van der Waals surface area (Å²) in [6.45, 7) is -0.173. The van der Waals surface area contributed by atoms with Gasteiger partial charge in [-0.3, -0.25) is 14.9 Å². The van der Waals surface area contributed by atoms with Crippen molar-refractivity contribution in [1.82, 2.24) is 10.3 Å². The fourth-order valence-electron chi connectivity index (χ4n) is 1.48. The van der Waals surface area contributed by atoms with Crippen LogP contribution in [0.5, 0.6) is 0 Å². The lowest BCUT2D eigenvalue weighted by Gasteiger charge is -2.02. The van der Waals surface area contributed by atoms with E-state index in [0.29, 0.717) is 5.13 Å². The molecule has 1 heterocycles. The Morgan fingerprint density at radius 3 is 2.65 bits per heavy atom. The van der Waals surface area contributed by atoms with E-state index in [1.165, 1.54) is 11.3 Å². The first kappa shape index (κ1) is 14.2. The van der Waals surface area contributed by atoms with Crippen molar-refractivity contribution in [3.63, 3.8) is 0 Å². The van der Waals surface area contributed by atoms with Crippen molar-refractivity contribution < 1.29 is 14.7 Å². The van der Waals surface area contributed by atoms with Gasteiger partial charge in [-0.2, -0.15) is 0 Å². The SMILES string of the molecule is O=C(NCCO)C(=O)Nc1nc(-c2ccccc2)cs1. The third-order valence-electron chi connectivity index (χ3n) is 2.40. The van der Waals surface area contributed by atoms with Gasteiger partial charge < -0.3 is 10.4 Å². The van der Waals surface area contributed by atoms with Crippen molar-refractivity contribution in [2.24, 2.45) is 0 Å². The van der Waals surface area contributed by atoms with Gasteiger partial charge in [0.05, 0.1) is 12.3 Å². The maximum atomic E-state index is 11.5. The second kappa shape index (κ2) is 6.78. The minimum Gasteiger partial charge on any atom is -0.395 e. The van der Waals surface area contributed by atoms with E-state index >= 15 is 0 Å². The number of rotatable bonds is 4. The summed E-state index contributed by atoms with van der Waals surface area (Å²) < 4.78 is 0. The number of aromatic nitrogens is 1. The van der Waals surface area contributed by atoms with Crippen LogP contribution < -0.4 is 10.6 Å². The molecular formula is C13H13N3O3S. The maximum absolute atomic E-state index is 11.5. The number of aliphatic hydroxyl groups excluding tert-OH is 1. The number of anilines is 1. The Labute approximate surface area is 119 Å². The molecule has 0 aliphatic heterocycles. The molecule has 2 aromatic rings. The first-order chi connectivity index (χ1) is 9.70. The van der Waals surface area contributed by atoms with E-state index in [1.54, 1.807) is 5.38 Å². The van der Waals surface area contributed by atoms with E-state index in [0.717, 1.165) is 11.3 Å². The fourth-order valence-corrected chi connectivity index (χ4v) is 2.19. The summed E-state index contributed by atoms with van der Waals surface area (Å²) in [5.41, 5.74) is 1.68. The van der Waals surface area contributed by atoms with Gasteiger partial charge in [0.25, 0.3) is 0 Å². The average molecular weight is 291 g/mol. The molecule has 0 aliphatic rings. The second-order valence-corrected chi connectivity index (χ2v) is 4.70. The van der Waals surface area contributed by atoms with Crippen molar-refractivity contribution in [3.8, 4) is 11.3 Å². The molecule has 20 heavy (non-hydrogen) atoms. The van der Waals surface area contributed by atoms with E-state index in [-0.39, 0.29) is 13.2 Å². The summed E-state index contributed by atoms with van der Waals surface area (Å²) in [6.07, 6.45) is 0. The van der Waals surface area contributed by atoms with Crippen LogP contribution in [0.4, 0.5) is 5.13 Å². The molecule has 2 amide bonds. The van der Waals surface area contributed by atoms with Crippen molar-refractivity contribution in [2.45, 2.75) is 0 Å². The number of carbonyl (C=O) groups is 2. The zero-order valence-electron chi connectivity index (χ0n) is 10.5. The Balaban J connectivity index is 2.00. The summed E-state index contributed by atoms with van der Waals surface area (Å²) in [5.74, 6) is -1.59. The van der Waals surface area contributed by atoms with Crippen LogP contribution in [0.1, 0.15) is 0 Å².